The zero-order valence-corrected chi connectivity index (χ0v) is 18.4. The van der Waals surface area contributed by atoms with E-state index in [9.17, 15) is 9.59 Å². The first-order chi connectivity index (χ1) is 14.4. The van der Waals surface area contributed by atoms with E-state index < -0.39 is 0 Å². The van der Waals surface area contributed by atoms with Crippen LogP contribution in [-0.4, -0.2) is 32.3 Å². The van der Waals surface area contributed by atoms with Crippen LogP contribution in [0.2, 0.25) is 5.02 Å². The number of ether oxygens (including phenoxy) is 1. The van der Waals surface area contributed by atoms with Gasteiger partial charge in [0.1, 0.15) is 5.75 Å². The normalized spacial score (nSPS) is 16.2. The van der Waals surface area contributed by atoms with Crippen LogP contribution in [0.4, 0.5) is 11.6 Å². The number of hydrogen-bond donors (Lipinski definition) is 0. The standard InChI is InChI=1S/C21H26ClN5O3/c1-5-6-9-25-19(28)17-18(24(3)21(25)29)23-20-26(11-13(2)12-27(17)20)14-7-8-16(30-4)15(22)10-14/h7-8,10,13H,5-6,9,11-12H2,1-4H3. The Hall–Kier alpha value is -2.74. The van der Waals surface area contributed by atoms with E-state index in [1.165, 1.54) is 9.13 Å². The van der Waals surface area contributed by atoms with Crippen molar-refractivity contribution in [3.05, 3.63) is 44.1 Å². The first-order valence-corrected chi connectivity index (χ1v) is 10.6. The molecule has 0 N–H and O–H groups in total. The number of imidazole rings is 1. The Balaban J connectivity index is 1.94. The highest BCUT2D eigenvalue weighted by molar-refractivity contribution is 6.32. The summed E-state index contributed by atoms with van der Waals surface area (Å²) in [5.74, 6) is 1.52. The molecular weight excluding hydrogens is 406 g/mol. The Kier molecular flexibility index (Phi) is 5.36. The summed E-state index contributed by atoms with van der Waals surface area (Å²) in [4.78, 5) is 32.8. The van der Waals surface area contributed by atoms with Gasteiger partial charge in [0, 0.05) is 32.4 Å². The van der Waals surface area contributed by atoms with Gasteiger partial charge in [-0.15, -0.1) is 0 Å². The minimum absolute atomic E-state index is 0.275. The van der Waals surface area contributed by atoms with E-state index >= 15 is 0 Å². The summed E-state index contributed by atoms with van der Waals surface area (Å²) >= 11 is 6.35. The third-order valence-electron chi connectivity index (χ3n) is 5.62. The highest BCUT2D eigenvalue weighted by Crippen LogP contribution is 2.36. The van der Waals surface area contributed by atoms with Crippen molar-refractivity contribution in [3.8, 4) is 5.75 Å². The van der Waals surface area contributed by atoms with Gasteiger partial charge in [-0.05, 0) is 30.5 Å². The number of fused-ring (bicyclic) bond motifs is 3. The van der Waals surface area contributed by atoms with Crippen molar-refractivity contribution in [2.45, 2.75) is 39.8 Å². The van der Waals surface area contributed by atoms with E-state index in [1.54, 1.807) is 14.2 Å². The molecule has 3 heterocycles. The molecule has 0 aliphatic carbocycles. The fourth-order valence-electron chi connectivity index (χ4n) is 4.06. The smallest absolute Gasteiger partial charge is 0.332 e. The average molecular weight is 432 g/mol. The van der Waals surface area contributed by atoms with Crippen molar-refractivity contribution in [3.63, 3.8) is 0 Å². The van der Waals surface area contributed by atoms with Crippen molar-refractivity contribution in [1.29, 1.82) is 0 Å². The van der Waals surface area contributed by atoms with Gasteiger partial charge in [-0.25, -0.2) is 4.79 Å². The van der Waals surface area contributed by atoms with Crippen LogP contribution in [0.5, 0.6) is 5.75 Å². The molecule has 0 spiro atoms. The monoisotopic (exact) mass is 431 g/mol. The Bertz CT molecular complexity index is 1230. The number of halogens is 1. The summed E-state index contributed by atoms with van der Waals surface area (Å²) in [6.07, 6.45) is 1.68. The molecule has 0 radical (unpaired) electrons. The van der Waals surface area contributed by atoms with Gasteiger partial charge >= 0.3 is 5.69 Å². The molecule has 0 bridgehead atoms. The number of aryl methyl sites for hydroxylation is 1. The highest BCUT2D eigenvalue weighted by Gasteiger charge is 2.30. The van der Waals surface area contributed by atoms with Gasteiger partial charge in [0.2, 0.25) is 5.95 Å². The lowest BCUT2D eigenvalue weighted by Gasteiger charge is -2.33. The molecule has 1 aromatic carbocycles. The van der Waals surface area contributed by atoms with E-state index in [0.717, 1.165) is 25.1 Å². The molecule has 1 unspecified atom stereocenters. The minimum Gasteiger partial charge on any atom is -0.495 e. The number of aromatic nitrogens is 4. The predicted molar refractivity (Wildman–Crippen MR) is 118 cm³/mol. The van der Waals surface area contributed by atoms with Gasteiger partial charge in [-0.3, -0.25) is 13.9 Å². The lowest BCUT2D eigenvalue weighted by Crippen LogP contribution is -2.40. The number of rotatable bonds is 5. The molecule has 0 saturated heterocycles. The molecule has 30 heavy (non-hydrogen) atoms. The summed E-state index contributed by atoms with van der Waals surface area (Å²) in [7, 11) is 3.25. The molecule has 4 rings (SSSR count). The number of anilines is 2. The van der Waals surface area contributed by atoms with Gasteiger partial charge in [0.15, 0.2) is 11.2 Å². The van der Waals surface area contributed by atoms with Gasteiger partial charge < -0.3 is 14.2 Å². The Morgan fingerprint density at radius 1 is 1.27 bits per heavy atom. The summed E-state index contributed by atoms with van der Waals surface area (Å²) in [5, 5.41) is 0.505. The predicted octanol–water partition coefficient (Wildman–Crippen LogP) is 3.15. The van der Waals surface area contributed by atoms with Crippen molar-refractivity contribution in [2.75, 3.05) is 18.6 Å². The maximum Gasteiger partial charge on any atom is 0.332 e. The van der Waals surface area contributed by atoms with Crippen LogP contribution in [0, 0.1) is 5.92 Å². The molecule has 2 aromatic heterocycles. The van der Waals surface area contributed by atoms with Gasteiger partial charge in [0.25, 0.3) is 5.56 Å². The molecule has 1 aliphatic heterocycles. The summed E-state index contributed by atoms with van der Waals surface area (Å²) in [6, 6.07) is 5.57. The number of hydrogen-bond acceptors (Lipinski definition) is 5. The molecule has 0 fully saturated rings. The average Bonchev–Trinajstić information content (AvgIpc) is 3.11. The van der Waals surface area contributed by atoms with E-state index in [0.29, 0.717) is 41.0 Å². The van der Waals surface area contributed by atoms with Crippen molar-refractivity contribution >= 4 is 34.4 Å². The van der Waals surface area contributed by atoms with Crippen molar-refractivity contribution < 1.29 is 4.74 Å². The van der Waals surface area contributed by atoms with Crippen LogP contribution in [-0.2, 0) is 20.1 Å². The molecule has 8 nitrogen and oxygen atoms in total. The number of nitrogens with zero attached hydrogens (tertiary/aromatic N) is 5. The highest BCUT2D eigenvalue weighted by atomic mass is 35.5. The van der Waals surface area contributed by atoms with E-state index in [4.69, 9.17) is 21.3 Å². The van der Waals surface area contributed by atoms with E-state index in [2.05, 4.69) is 6.92 Å². The largest absolute Gasteiger partial charge is 0.495 e. The second-order valence-corrected chi connectivity index (χ2v) is 8.29. The maximum absolute atomic E-state index is 13.3. The third kappa shape index (κ3) is 3.19. The molecule has 1 aliphatic rings. The molecular formula is C21H26ClN5O3. The zero-order chi connectivity index (χ0) is 21.6. The fraction of sp³-hybridized carbons (Fsp3) is 0.476. The molecule has 3 aromatic rings. The second-order valence-electron chi connectivity index (χ2n) is 7.88. The quantitative estimate of drug-likeness (QED) is 0.620. The fourth-order valence-corrected chi connectivity index (χ4v) is 4.31. The topological polar surface area (TPSA) is 74.3 Å². The van der Waals surface area contributed by atoms with Crippen molar-refractivity contribution in [1.82, 2.24) is 18.7 Å². The second kappa shape index (κ2) is 7.83. The molecule has 1 atom stereocenters. The summed E-state index contributed by atoms with van der Waals surface area (Å²) < 4.78 is 10.0. The van der Waals surface area contributed by atoms with Crippen LogP contribution in [0.25, 0.3) is 11.2 Å². The maximum atomic E-state index is 13.3. The zero-order valence-electron chi connectivity index (χ0n) is 17.7. The van der Waals surface area contributed by atoms with Crippen LogP contribution in [0.15, 0.2) is 27.8 Å². The van der Waals surface area contributed by atoms with Crippen molar-refractivity contribution in [2.24, 2.45) is 13.0 Å². The van der Waals surface area contributed by atoms with Crippen LogP contribution in [0.1, 0.15) is 26.7 Å². The first-order valence-electron chi connectivity index (χ1n) is 10.2. The molecule has 160 valence electrons. The van der Waals surface area contributed by atoms with Gasteiger partial charge in [-0.1, -0.05) is 31.9 Å². The number of methoxy groups -OCH3 is 1. The Morgan fingerprint density at radius 3 is 2.70 bits per heavy atom. The molecule has 0 amide bonds. The van der Waals surface area contributed by atoms with Crippen LogP contribution in [0.3, 0.4) is 0 Å². The molecule has 0 saturated carbocycles. The minimum atomic E-state index is -0.330. The first kappa shape index (κ1) is 20.5. The van der Waals surface area contributed by atoms with Gasteiger partial charge in [-0.2, -0.15) is 4.98 Å². The van der Waals surface area contributed by atoms with Crippen LogP contribution < -0.4 is 20.9 Å². The number of benzene rings is 1. The summed E-state index contributed by atoms with van der Waals surface area (Å²) in [5.41, 5.74) is 1.14. The third-order valence-corrected chi connectivity index (χ3v) is 5.92. The molecule has 9 heteroatoms. The SMILES string of the molecule is CCCCn1c(=O)c2c(nc3n2CC(C)CN3c2ccc(OC)c(Cl)c2)n(C)c1=O. The Labute approximate surface area is 179 Å². The lowest BCUT2D eigenvalue weighted by atomic mass is 10.1. The van der Waals surface area contributed by atoms with Gasteiger partial charge in [0.05, 0.1) is 12.1 Å². The van der Waals surface area contributed by atoms with Crippen LogP contribution >= 0.6 is 11.6 Å². The number of unbranched alkanes of at least 4 members (excludes halogenated alkanes) is 1. The van der Waals surface area contributed by atoms with E-state index in [-0.39, 0.29) is 17.2 Å². The summed E-state index contributed by atoms with van der Waals surface area (Å²) in [6.45, 7) is 5.96. The van der Waals surface area contributed by atoms with E-state index in [1.807, 2.05) is 34.6 Å². The Morgan fingerprint density at radius 2 is 2.03 bits per heavy atom. The lowest BCUT2D eigenvalue weighted by molar-refractivity contribution is 0.415.